The van der Waals surface area contributed by atoms with Crippen molar-refractivity contribution < 1.29 is 0 Å². The van der Waals surface area contributed by atoms with E-state index < -0.39 is 0 Å². The Kier molecular flexibility index (Phi) is 5.32. The molecule has 1 aromatic carbocycles. The zero-order valence-corrected chi connectivity index (χ0v) is 11.3. The number of nitrogen functional groups attached to an aromatic ring is 2. The molecule has 0 bridgehead atoms. The number of nitrogens with zero attached hydrogens (tertiary/aromatic N) is 2. The summed E-state index contributed by atoms with van der Waals surface area (Å²) in [5.41, 5.74) is 15.3. The number of hydrogen-bond acceptors (Lipinski definition) is 3. The van der Waals surface area contributed by atoms with Crippen LogP contribution in [0.3, 0.4) is 0 Å². The minimum Gasteiger partial charge on any atom is -0.394 e. The van der Waals surface area contributed by atoms with Gasteiger partial charge in [0.2, 0.25) is 0 Å². The predicted molar refractivity (Wildman–Crippen MR) is 76.4 cm³/mol. The van der Waals surface area contributed by atoms with Crippen LogP contribution in [-0.4, -0.2) is 9.78 Å². The van der Waals surface area contributed by atoms with Crippen molar-refractivity contribution in [2.75, 3.05) is 11.5 Å². The zero-order valence-electron chi connectivity index (χ0n) is 9.68. The van der Waals surface area contributed by atoms with E-state index in [1.165, 1.54) is 5.56 Å². The Hall–Kier alpha value is -1.39. The van der Waals surface area contributed by atoms with E-state index in [1.807, 2.05) is 19.1 Å². The highest BCUT2D eigenvalue weighted by atomic mass is 35.5. The van der Waals surface area contributed by atoms with Gasteiger partial charge in [-0.15, -0.1) is 24.8 Å². The first kappa shape index (κ1) is 15.6. The van der Waals surface area contributed by atoms with Gasteiger partial charge < -0.3 is 11.5 Å². The van der Waals surface area contributed by atoms with Gasteiger partial charge in [0.05, 0.1) is 17.6 Å². The molecule has 2 aromatic rings. The molecule has 0 aliphatic heterocycles. The maximum Gasteiger partial charge on any atom is 0.150 e. The first-order chi connectivity index (χ1) is 7.09. The summed E-state index contributed by atoms with van der Waals surface area (Å²) in [4.78, 5) is 0. The van der Waals surface area contributed by atoms with Crippen LogP contribution in [0, 0.1) is 13.8 Å². The number of aromatic nitrogens is 2. The highest BCUT2D eigenvalue weighted by molar-refractivity contribution is 5.85. The molecule has 0 fully saturated rings. The average Bonchev–Trinajstić information content (AvgIpc) is 2.49. The van der Waals surface area contributed by atoms with Gasteiger partial charge >= 0.3 is 0 Å². The van der Waals surface area contributed by atoms with Gasteiger partial charge in [0, 0.05) is 0 Å². The van der Waals surface area contributed by atoms with Crippen molar-refractivity contribution in [2.24, 2.45) is 0 Å². The van der Waals surface area contributed by atoms with Crippen molar-refractivity contribution in [3.05, 3.63) is 35.5 Å². The molecule has 0 aliphatic carbocycles. The molecular weight excluding hydrogens is 259 g/mol. The van der Waals surface area contributed by atoms with E-state index in [0.29, 0.717) is 11.5 Å². The van der Waals surface area contributed by atoms with Gasteiger partial charge in [0.25, 0.3) is 0 Å². The molecule has 4 nitrogen and oxygen atoms in total. The molecule has 4 N–H and O–H groups in total. The number of hydrogen-bond donors (Lipinski definition) is 2. The summed E-state index contributed by atoms with van der Waals surface area (Å²) < 4.78 is 1.66. The molecular formula is C11H16Cl2N4. The van der Waals surface area contributed by atoms with Crippen molar-refractivity contribution in [1.29, 1.82) is 0 Å². The standard InChI is InChI=1S/C11H14N4.2ClH/c1-7-3-4-10(8(2)5-7)15-11(13)9(12)6-14-15;;/h3-6H,12-13H2,1-2H3;2*1H. The lowest BCUT2D eigenvalue weighted by Crippen LogP contribution is -2.04. The Bertz CT molecular complexity index is 508. The largest absolute Gasteiger partial charge is 0.394 e. The number of nitrogens with two attached hydrogens (primary N) is 2. The van der Waals surface area contributed by atoms with Crippen LogP contribution in [0.1, 0.15) is 11.1 Å². The smallest absolute Gasteiger partial charge is 0.150 e. The molecule has 2 rings (SSSR count). The number of anilines is 2. The normalized spacial score (nSPS) is 9.29. The fourth-order valence-corrected chi connectivity index (χ4v) is 1.61. The van der Waals surface area contributed by atoms with Crippen molar-refractivity contribution in [1.82, 2.24) is 9.78 Å². The third-order valence-corrected chi connectivity index (χ3v) is 2.42. The molecule has 0 saturated carbocycles. The molecule has 0 radical (unpaired) electrons. The van der Waals surface area contributed by atoms with Crippen LogP contribution in [-0.2, 0) is 0 Å². The number of benzene rings is 1. The van der Waals surface area contributed by atoms with Crippen LogP contribution < -0.4 is 11.5 Å². The maximum absolute atomic E-state index is 5.82. The predicted octanol–water partition coefficient (Wildman–Crippen LogP) is 2.50. The monoisotopic (exact) mass is 274 g/mol. The number of halogens is 2. The molecule has 0 saturated heterocycles. The zero-order chi connectivity index (χ0) is 11.0. The molecule has 0 unspecified atom stereocenters. The van der Waals surface area contributed by atoms with Gasteiger partial charge in [-0.1, -0.05) is 17.7 Å². The lowest BCUT2D eigenvalue weighted by Gasteiger charge is -2.08. The van der Waals surface area contributed by atoms with Crippen LogP contribution in [0.25, 0.3) is 5.69 Å². The highest BCUT2D eigenvalue weighted by Gasteiger charge is 2.08. The van der Waals surface area contributed by atoms with E-state index in [0.717, 1.165) is 11.3 Å². The van der Waals surface area contributed by atoms with Crippen LogP contribution in [0.4, 0.5) is 11.5 Å². The summed E-state index contributed by atoms with van der Waals surface area (Å²) in [6.07, 6.45) is 1.56. The first-order valence-corrected chi connectivity index (χ1v) is 4.76. The summed E-state index contributed by atoms with van der Waals surface area (Å²) in [6.45, 7) is 4.08. The fourth-order valence-electron chi connectivity index (χ4n) is 1.61. The quantitative estimate of drug-likeness (QED) is 0.840. The Morgan fingerprint density at radius 1 is 1.12 bits per heavy atom. The van der Waals surface area contributed by atoms with Crippen molar-refractivity contribution in [3.8, 4) is 5.69 Å². The lowest BCUT2D eigenvalue weighted by molar-refractivity contribution is 0.882. The summed E-state index contributed by atoms with van der Waals surface area (Å²) in [6, 6.07) is 6.11. The fraction of sp³-hybridized carbons (Fsp3) is 0.182. The minimum absolute atomic E-state index is 0. The molecule has 0 atom stereocenters. The van der Waals surface area contributed by atoms with Gasteiger partial charge in [-0.2, -0.15) is 5.10 Å². The highest BCUT2D eigenvalue weighted by Crippen LogP contribution is 2.21. The molecule has 1 heterocycles. The molecule has 1 aromatic heterocycles. The Morgan fingerprint density at radius 3 is 2.24 bits per heavy atom. The number of aryl methyl sites for hydroxylation is 2. The van der Waals surface area contributed by atoms with Gasteiger partial charge in [0.15, 0.2) is 0 Å². The second-order valence-electron chi connectivity index (χ2n) is 3.69. The maximum atomic E-state index is 5.82. The average molecular weight is 275 g/mol. The second-order valence-corrected chi connectivity index (χ2v) is 3.69. The van der Waals surface area contributed by atoms with Crippen LogP contribution >= 0.6 is 24.8 Å². The minimum atomic E-state index is 0. The van der Waals surface area contributed by atoms with Crippen LogP contribution in [0.5, 0.6) is 0 Å². The van der Waals surface area contributed by atoms with E-state index in [1.54, 1.807) is 10.9 Å². The molecule has 0 amide bonds. The van der Waals surface area contributed by atoms with Crippen molar-refractivity contribution >= 4 is 36.3 Å². The molecule has 0 spiro atoms. The summed E-state index contributed by atoms with van der Waals surface area (Å²) >= 11 is 0. The third kappa shape index (κ3) is 2.84. The molecule has 6 heteroatoms. The van der Waals surface area contributed by atoms with Crippen molar-refractivity contribution in [3.63, 3.8) is 0 Å². The van der Waals surface area contributed by atoms with Crippen LogP contribution in [0.15, 0.2) is 24.4 Å². The van der Waals surface area contributed by atoms with Crippen LogP contribution in [0.2, 0.25) is 0 Å². The van der Waals surface area contributed by atoms with Gasteiger partial charge in [-0.3, -0.25) is 0 Å². The Labute approximate surface area is 113 Å². The van der Waals surface area contributed by atoms with E-state index in [-0.39, 0.29) is 24.8 Å². The Balaban J connectivity index is 0.00000128. The third-order valence-electron chi connectivity index (χ3n) is 2.42. The summed E-state index contributed by atoms with van der Waals surface area (Å²) in [5.74, 6) is 0.488. The van der Waals surface area contributed by atoms with E-state index in [9.17, 15) is 0 Å². The first-order valence-electron chi connectivity index (χ1n) is 4.76. The van der Waals surface area contributed by atoms with Crippen molar-refractivity contribution in [2.45, 2.75) is 13.8 Å². The second kappa shape index (κ2) is 5.80. The van der Waals surface area contributed by atoms with E-state index >= 15 is 0 Å². The van der Waals surface area contributed by atoms with Gasteiger partial charge in [0.1, 0.15) is 5.82 Å². The summed E-state index contributed by atoms with van der Waals surface area (Å²) in [5, 5.41) is 4.14. The van der Waals surface area contributed by atoms with E-state index in [2.05, 4.69) is 18.1 Å². The van der Waals surface area contributed by atoms with Gasteiger partial charge in [-0.25, -0.2) is 4.68 Å². The molecule has 94 valence electrons. The SMILES string of the molecule is Cc1ccc(-n2ncc(N)c2N)c(C)c1.Cl.Cl. The molecule has 0 aliphatic rings. The molecule has 17 heavy (non-hydrogen) atoms. The number of rotatable bonds is 1. The summed E-state index contributed by atoms with van der Waals surface area (Å²) in [7, 11) is 0. The Morgan fingerprint density at radius 2 is 1.76 bits per heavy atom. The van der Waals surface area contributed by atoms with E-state index in [4.69, 9.17) is 11.5 Å². The van der Waals surface area contributed by atoms with Gasteiger partial charge in [-0.05, 0) is 25.5 Å². The lowest BCUT2D eigenvalue weighted by atomic mass is 10.1. The topological polar surface area (TPSA) is 69.9 Å².